The van der Waals surface area contributed by atoms with Crippen LogP contribution < -0.4 is 0 Å². The van der Waals surface area contributed by atoms with Crippen LogP contribution in [0, 0.1) is 0 Å². The van der Waals surface area contributed by atoms with Crippen molar-refractivity contribution in [2.24, 2.45) is 0 Å². The molecule has 1 aliphatic carbocycles. The number of fused-ring (bicyclic) bond motifs is 3. The highest BCUT2D eigenvalue weighted by Gasteiger charge is 2.68. The van der Waals surface area contributed by atoms with Gasteiger partial charge in [-0.15, -0.1) is 11.8 Å². The highest BCUT2D eigenvalue weighted by Crippen LogP contribution is 2.76. The maximum atomic E-state index is 2.60. The topological polar surface area (TPSA) is 0 Å². The highest BCUT2D eigenvalue weighted by atomic mass is 32.2. The molecule has 0 nitrogen and oxygen atoms in total. The van der Waals surface area contributed by atoms with Crippen molar-refractivity contribution in [3.63, 3.8) is 0 Å². The molecule has 2 unspecified atom stereocenters. The Morgan fingerprint density at radius 2 is 1.21 bits per heavy atom. The highest BCUT2D eigenvalue weighted by molar-refractivity contribution is 8.09. The molecule has 3 rings (SSSR count). The number of thioether (sulfide) groups is 1. The van der Waals surface area contributed by atoms with E-state index in [1.54, 1.807) is 5.56 Å². The fourth-order valence-electron chi connectivity index (χ4n) is 5.38. The molecule has 0 spiro atoms. The van der Waals surface area contributed by atoms with Gasteiger partial charge in [-0.25, -0.2) is 0 Å². The third-order valence-electron chi connectivity index (χ3n) is 7.21. The SMILES string of the molecule is CCCCCCCCCC12C=Cc3ccccc3C1(CCCCCCCCC)S2. The fraction of sp³-hybridized carbons (Fsp3) is 0.714. The summed E-state index contributed by atoms with van der Waals surface area (Å²) in [5.41, 5.74) is 3.12. The second kappa shape index (κ2) is 11.6. The van der Waals surface area contributed by atoms with E-state index in [2.05, 4.69) is 62.0 Å². The minimum Gasteiger partial charge on any atom is -0.136 e. The van der Waals surface area contributed by atoms with Gasteiger partial charge in [0.05, 0.1) is 9.49 Å². The summed E-state index contributed by atoms with van der Waals surface area (Å²) in [6, 6.07) is 9.23. The van der Waals surface area contributed by atoms with Crippen LogP contribution in [-0.4, -0.2) is 4.75 Å². The van der Waals surface area contributed by atoms with Crippen LogP contribution in [0.5, 0.6) is 0 Å². The van der Waals surface area contributed by atoms with Crippen molar-refractivity contribution >= 4 is 17.8 Å². The zero-order valence-corrected chi connectivity index (χ0v) is 20.0. The Kier molecular flexibility index (Phi) is 9.22. The second-order valence-electron chi connectivity index (χ2n) is 9.48. The van der Waals surface area contributed by atoms with E-state index < -0.39 is 0 Å². The summed E-state index contributed by atoms with van der Waals surface area (Å²) in [6.45, 7) is 4.61. The molecule has 0 amide bonds. The van der Waals surface area contributed by atoms with E-state index >= 15 is 0 Å². The van der Waals surface area contributed by atoms with Gasteiger partial charge in [0.25, 0.3) is 0 Å². The normalized spacial score (nSPS) is 24.3. The molecule has 0 radical (unpaired) electrons. The third-order valence-corrected chi connectivity index (χ3v) is 9.20. The van der Waals surface area contributed by atoms with E-state index in [1.807, 2.05) is 0 Å². The zero-order chi connectivity index (χ0) is 20.4. The van der Waals surface area contributed by atoms with Crippen LogP contribution >= 0.6 is 11.8 Å². The van der Waals surface area contributed by atoms with Crippen LogP contribution in [0.25, 0.3) is 6.08 Å². The lowest BCUT2D eigenvalue weighted by molar-refractivity contribution is 0.462. The molecule has 0 saturated carbocycles. The molecule has 2 atom stereocenters. The van der Waals surface area contributed by atoms with E-state index in [4.69, 9.17) is 0 Å². The molecule has 1 aliphatic heterocycles. The number of rotatable bonds is 16. The van der Waals surface area contributed by atoms with Crippen molar-refractivity contribution < 1.29 is 0 Å². The average molecular weight is 413 g/mol. The van der Waals surface area contributed by atoms with Gasteiger partial charge in [-0.1, -0.05) is 140 Å². The summed E-state index contributed by atoms with van der Waals surface area (Å²) in [6.07, 6.45) is 27.6. The summed E-state index contributed by atoms with van der Waals surface area (Å²) in [5.74, 6) is 0. The predicted molar refractivity (Wildman–Crippen MR) is 133 cm³/mol. The van der Waals surface area contributed by atoms with Crippen LogP contribution in [0.2, 0.25) is 0 Å². The monoisotopic (exact) mass is 412 g/mol. The van der Waals surface area contributed by atoms with Gasteiger partial charge in [-0.3, -0.25) is 0 Å². The number of unbranched alkanes of at least 4 members (excludes halogenated alkanes) is 12. The summed E-state index contributed by atoms with van der Waals surface area (Å²) >= 11 is 2.29. The first-order valence-electron chi connectivity index (χ1n) is 12.8. The van der Waals surface area contributed by atoms with Crippen molar-refractivity contribution in [3.05, 3.63) is 41.5 Å². The van der Waals surface area contributed by atoms with Gasteiger partial charge in [0.15, 0.2) is 0 Å². The summed E-state index contributed by atoms with van der Waals surface area (Å²) in [7, 11) is 0. The van der Waals surface area contributed by atoms with Crippen molar-refractivity contribution in [2.75, 3.05) is 0 Å². The van der Waals surface area contributed by atoms with E-state index in [0.29, 0.717) is 9.49 Å². The molecule has 29 heavy (non-hydrogen) atoms. The van der Waals surface area contributed by atoms with E-state index in [9.17, 15) is 0 Å². The van der Waals surface area contributed by atoms with Gasteiger partial charge in [-0.2, -0.15) is 0 Å². The molecule has 1 fully saturated rings. The molecule has 1 aromatic rings. The molecular formula is C28H44S. The van der Waals surface area contributed by atoms with E-state index in [1.165, 1.54) is 108 Å². The van der Waals surface area contributed by atoms with Crippen molar-refractivity contribution in [1.29, 1.82) is 0 Å². The molecule has 0 N–H and O–H groups in total. The first kappa shape index (κ1) is 23.0. The summed E-state index contributed by atoms with van der Waals surface area (Å²) in [4.78, 5) is 0. The van der Waals surface area contributed by atoms with Crippen LogP contribution in [0.1, 0.15) is 128 Å². The Morgan fingerprint density at radius 3 is 1.86 bits per heavy atom. The van der Waals surface area contributed by atoms with Gasteiger partial charge in [-0.05, 0) is 24.0 Å². The lowest BCUT2D eigenvalue weighted by Crippen LogP contribution is -2.26. The molecule has 1 aromatic carbocycles. The van der Waals surface area contributed by atoms with Gasteiger partial charge < -0.3 is 0 Å². The second-order valence-corrected chi connectivity index (χ2v) is 11.1. The van der Waals surface area contributed by atoms with Crippen LogP contribution in [-0.2, 0) is 4.75 Å². The van der Waals surface area contributed by atoms with Crippen LogP contribution in [0.4, 0.5) is 0 Å². The zero-order valence-electron chi connectivity index (χ0n) is 19.2. The average Bonchev–Trinajstić information content (AvgIpc) is 3.42. The first-order valence-corrected chi connectivity index (χ1v) is 13.6. The summed E-state index contributed by atoms with van der Waals surface area (Å²) < 4.78 is 0.803. The lowest BCUT2D eigenvalue weighted by atomic mass is 9.74. The largest absolute Gasteiger partial charge is 0.136 e. The van der Waals surface area contributed by atoms with Crippen LogP contribution in [0.15, 0.2) is 30.3 Å². The maximum absolute atomic E-state index is 2.60. The maximum Gasteiger partial charge on any atom is 0.0605 e. The third kappa shape index (κ3) is 5.72. The van der Waals surface area contributed by atoms with Gasteiger partial charge in [0, 0.05) is 0 Å². The summed E-state index contributed by atoms with van der Waals surface area (Å²) in [5, 5.41) is 0. The Morgan fingerprint density at radius 1 is 0.655 bits per heavy atom. The first-order chi connectivity index (χ1) is 14.3. The molecular weight excluding hydrogens is 368 g/mol. The minimum atomic E-state index is 0.393. The smallest absolute Gasteiger partial charge is 0.0605 e. The Bertz CT molecular complexity index is 633. The number of benzene rings is 1. The fourth-order valence-corrected chi connectivity index (χ4v) is 7.26. The molecule has 1 heterocycles. The standard InChI is InChI=1S/C28H44S/c1-3-5-7-9-11-13-17-22-27-24-21-25-19-15-16-20-26(25)28(27,29-27)23-18-14-12-10-8-6-4-2/h15-16,19-21,24H,3-14,17-18,22-23H2,1-2H3. The lowest BCUT2D eigenvalue weighted by Gasteiger charge is -2.27. The van der Waals surface area contributed by atoms with Crippen molar-refractivity contribution in [2.45, 2.75) is 126 Å². The molecule has 0 aromatic heterocycles. The Hall–Kier alpha value is -0.690. The van der Waals surface area contributed by atoms with Gasteiger partial charge in [0.2, 0.25) is 0 Å². The van der Waals surface area contributed by atoms with Crippen molar-refractivity contribution in [1.82, 2.24) is 0 Å². The molecule has 0 bridgehead atoms. The van der Waals surface area contributed by atoms with Gasteiger partial charge >= 0.3 is 0 Å². The quantitative estimate of drug-likeness (QED) is 0.192. The molecule has 2 aliphatic rings. The van der Waals surface area contributed by atoms with Crippen LogP contribution in [0.3, 0.4) is 0 Å². The Labute approximate surface area is 185 Å². The minimum absolute atomic E-state index is 0.393. The Balaban J connectivity index is 1.51. The van der Waals surface area contributed by atoms with E-state index in [-0.39, 0.29) is 0 Å². The predicted octanol–water partition coefficient (Wildman–Crippen LogP) is 9.68. The number of hydrogen-bond acceptors (Lipinski definition) is 1. The van der Waals surface area contributed by atoms with Gasteiger partial charge in [0.1, 0.15) is 0 Å². The molecule has 1 saturated heterocycles. The van der Waals surface area contributed by atoms with Crippen molar-refractivity contribution in [3.8, 4) is 0 Å². The molecule has 162 valence electrons. The number of hydrogen-bond donors (Lipinski definition) is 0. The van der Waals surface area contributed by atoms with E-state index in [0.717, 1.165) is 0 Å². The molecule has 1 heteroatoms.